The van der Waals surface area contributed by atoms with Gasteiger partial charge in [-0.05, 0) is 5.56 Å². The van der Waals surface area contributed by atoms with E-state index in [9.17, 15) is 4.79 Å². The highest BCUT2D eigenvalue weighted by Gasteiger charge is 2.25. The summed E-state index contributed by atoms with van der Waals surface area (Å²) < 4.78 is 4.93. The summed E-state index contributed by atoms with van der Waals surface area (Å²) in [5.41, 5.74) is 1.27. The number of ether oxygens (including phenoxy) is 1. The van der Waals surface area contributed by atoms with Crippen LogP contribution in [0.25, 0.3) is 0 Å². The maximum absolute atomic E-state index is 11.2. The summed E-state index contributed by atoms with van der Waals surface area (Å²) in [5, 5.41) is 0. The minimum Gasteiger partial charge on any atom is -0.462 e. The minimum absolute atomic E-state index is 0.0267. The van der Waals surface area contributed by atoms with Gasteiger partial charge >= 0.3 is 5.71 Å². The first kappa shape index (κ1) is 8.71. The Bertz CT molecular complexity index is 297. The molecule has 2 nitrogen and oxygen atoms in total. The zero-order chi connectivity index (χ0) is 9.10. The van der Waals surface area contributed by atoms with E-state index in [1.807, 2.05) is 18.2 Å². The molecule has 2 rings (SSSR count). The van der Waals surface area contributed by atoms with E-state index in [4.69, 9.17) is 4.74 Å². The van der Waals surface area contributed by atoms with Crippen LogP contribution in [0.5, 0.6) is 0 Å². The van der Waals surface area contributed by atoms with E-state index < -0.39 is 7.92 Å². The number of carbonyl (C=O) groups excluding carboxylic acids is 1. The van der Waals surface area contributed by atoms with Crippen LogP contribution in [0.3, 0.4) is 0 Å². The van der Waals surface area contributed by atoms with Crippen LogP contribution in [0, 0.1) is 0 Å². The largest absolute Gasteiger partial charge is 0.462 e. The van der Waals surface area contributed by atoms with Crippen molar-refractivity contribution >= 4 is 13.6 Å². The van der Waals surface area contributed by atoms with Crippen LogP contribution in [0.4, 0.5) is 4.79 Å². The lowest BCUT2D eigenvalue weighted by molar-refractivity contribution is 0.188. The van der Waals surface area contributed by atoms with Gasteiger partial charge in [0, 0.05) is 20.2 Å². The van der Waals surface area contributed by atoms with Crippen molar-refractivity contribution in [1.82, 2.24) is 0 Å². The fourth-order valence-electron chi connectivity index (χ4n) is 1.37. The Morgan fingerprint density at radius 1 is 1.31 bits per heavy atom. The molecule has 0 radical (unpaired) electrons. The molecule has 0 aromatic heterocycles. The van der Waals surface area contributed by atoms with Crippen LogP contribution >= 0.6 is 7.92 Å². The fraction of sp³-hybridized carbons (Fsp3) is 0.300. The molecule has 0 amide bonds. The van der Waals surface area contributed by atoms with Gasteiger partial charge in [-0.2, -0.15) is 0 Å². The third kappa shape index (κ3) is 2.07. The second-order valence-corrected chi connectivity index (χ2v) is 5.23. The molecule has 1 aromatic rings. The highest BCUT2D eigenvalue weighted by Crippen LogP contribution is 2.45. The lowest BCUT2D eigenvalue weighted by Crippen LogP contribution is -1.90. The molecule has 13 heavy (non-hydrogen) atoms. The summed E-state index contributed by atoms with van der Waals surface area (Å²) in [4.78, 5) is 11.2. The molecule has 1 saturated heterocycles. The van der Waals surface area contributed by atoms with Crippen LogP contribution in [-0.4, -0.2) is 18.5 Å². The van der Waals surface area contributed by atoms with Gasteiger partial charge < -0.3 is 4.74 Å². The first-order valence-corrected chi connectivity index (χ1v) is 6.03. The van der Waals surface area contributed by atoms with Crippen LogP contribution in [-0.2, 0) is 10.9 Å². The quantitative estimate of drug-likeness (QED) is 0.676. The van der Waals surface area contributed by atoms with Crippen LogP contribution in [0.2, 0.25) is 0 Å². The van der Waals surface area contributed by atoms with E-state index in [0.29, 0.717) is 6.61 Å². The predicted molar refractivity (Wildman–Crippen MR) is 53.3 cm³/mol. The lowest BCUT2D eigenvalue weighted by atomic mass is 10.2. The highest BCUT2D eigenvalue weighted by atomic mass is 31.1. The molecule has 0 bridgehead atoms. The van der Waals surface area contributed by atoms with Gasteiger partial charge in [0.1, 0.15) is 0 Å². The molecule has 0 aliphatic carbocycles. The van der Waals surface area contributed by atoms with Gasteiger partial charge in [0.2, 0.25) is 0 Å². The normalized spacial score (nSPS) is 21.5. The summed E-state index contributed by atoms with van der Waals surface area (Å²) >= 11 is 0. The number of hydrogen-bond acceptors (Lipinski definition) is 2. The Morgan fingerprint density at radius 2 is 2.08 bits per heavy atom. The molecule has 1 heterocycles. The molecular weight excluding hydrogens is 183 g/mol. The van der Waals surface area contributed by atoms with Crippen molar-refractivity contribution in [2.45, 2.75) is 6.16 Å². The maximum atomic E-state index is 11.2. The highest BCUT2D eigenvalue weighted by molar-refractivity contribution is 7.74. The zero-order valence-corrected chi connectivity index (χ0v) is 8.17. The minimum atomic E-state index is -0.544. The second kappa shape index (κ2) is 3.89. The van der Waals surface area contributed by atoms with Gasteiger partial charge in [0.25, 0.3) is 0 Å². The van der Waals surface area contributed by atoms with Crippen LogP contribution < -0.4 is 0 Å². The van der Waals surface area contributed by atoms with Crippen LogP contribution in [0.15, 0.2) is 30.3 Å². The van der Waals surface area contributed by atoms with Crippen molar-refractivity contribution in [3.63, 3.8) is 0 Å². The van der Waals surface area contributed by atoms with E-state index in [2.05, 4.69) is 12.1 Å². The topological polar surface area (TPSA) is 26.3 Å². The monoisotopic (exact) mass is 194 g/mol. The summed E-state index contributed by atoms with van der Waals surface area (Å²) in [6.45, 7) is 0.622. The molecule has 1 atom stereocenters. The Labute approximate surface area is 78.7 Å². The first-order valence-electron chi connectivity index (χ1n) is 4.32. The Morgan fingerprint density at radius 3 is 2.69 bits per heavy atom. The van der Waals surface area contributed by atoms with Crippen molar-refractivity contribution in [3.05, 3.63) is 35.9 Å². The molecule has 1 unspecified atom stereocenters. The van der Waals surface area contributed by atoms with E-state index in [1.54, 1.807) is 0 Å². The summed E-state index contributed by atoms with van der Waals surface area (Å²) in [7, 11) is -0.544. The van der Waals surface area contributed by atoms with Gasteiger partial charge in [-0.1, -0.05) is 30.3 Å². The molecule has 1 aliphatic heterocycles. The van der Waals surface area contributed by atoms with Crippen molar-refractivity contribution in [3.8, 4) is 0 Å². The Hall–Kier alpha value is -0.880. The maximum Gasteiger partial charge on any atom is 0.326 e. The number of benzene rings is 1. The molecule has 1 fully saturated rings. The summed E-state index contributed by atoms with van der Waals surface area (Å²) in [6, 6.07) is 10.1. The van der Waals surface area contributed by atoms with Crippen molar-refractivity contribution in [2.24, 2.45) is 0 Å². The van der Waals surface area contributed by atoms with Crippen molar-refractivity contribution in [2.75, 3.05) is 12.8 Å². The van der Waals surface area contributed by atoms with Gasteiger partial charge in [-0.15, -0.1) is 0 Å². The smallest absolute Gasteiger partial charge is 0.326 e. The molecular formula is C10H11O2P. The lowest BCUT2D eigenvalue weighted by Gasteiger charge is -2.04. The van der Waals surface area contributed by atoms with Gasteiger partial charge in [-0.25, -0.2) is 4.79 Å². The standard InChI is InChI=1S/C10H11O2P/c11-10-12-6-7-13(10)8-9-4-2-1-3-5-9/h1-5H,6-8H2. The Kier molecular flexibility index (Phi) is 2.60. The zero-order valence-electron chi connectivity index (χ0n) is 7.27. The average molecular weight is 194 g/mol. The van der Waals surface area contributed by atoms with Crippen LogP contribution in [0.1, 0.15) is 5.56 Å². The molecule has 68 valence electrons. The average Bonchev–Trinajstić information content (AvgIpc) is 2.54. The molecule has 0 N–H and O–H groups in total. The first-order chi connectivity index (χ1) is 6.36. The summed E-state index contributed by atoms with van der Waals surface area (Å²) in [5.74, 6) is 0. The second-order valence-electron chi connectivity index (χ2n) is 3.02. The summed E-state index contributed by atoms with van der Waals surface area (Å²) in [6.07, 6.45) is 1.82. The SMILES string of the molecule is O=C1OCCP1Cc1ccccc1. The number of cyclic esters (lactones) is 1. The predicted octanol–water partition coefficient (Wildman–Crippen LogP) is 2.82. The van der Waals surface area contributed by atoms with Crippen molar-refractivity contribution in [1.29, 1.82) is 0 Å². The molecule has 3 heteroatoms. The fourth-order valence-corrected chi connectivity index (χ4v) is 3.08. The number of rotatable bonds is 2. The molecule has 1 aromatic carbocycles. The number of hydrogen-bond donors (Lipinski definition) is 0. The van der Waals surface area contributed by atoms with Gasteiger partial charge in [0.05, 0.1) is 6.61 Å². The van der Waals surface area contributed by atoms with E-state index in [-0.39, 0.29) is 5.71 Å². The third-order valence-corrected chi connectivity index (χ3v) is 4.18. The van der Waals surface area contributed by atoms with Crippen molar-refractivity contribution < 1.29 is 9.53 Å². The van der Waals surface area contributed by atoms with E-state index >= 15 is 0 Å². The third-order valence-electron chi connectivity index (χ3n) is 2.06. The van der Waals surface area contributed by atoms with E-state index in [1.165, 1.54) is 5.56 Å². The molecule has 1 aliphatic rings. The molecule has 0 spiro atoms. The number of carbonyl (C=O) groups is 1. The van der Waals surface area contributed by atoms with E-state index in [0.717, 1.165) is 12.3 Å². The molecule has 0 saturated carbocycles. The van der Waals surface area contributed by atoms with Gasteiger partial charge in [0.15, 0.2) is 0 Å². The van der Waals surface area contributed by atoms with Gasteiger partial charge in [-0.3, -0.25) is 0 Å². The Balaban J connectivity index is 2.02.